The molecule has 1 atom stereocenters. The predicted molar refractivity (Wildman–Crippen MR) is 137 cm³/mol. The summed E-state index contributed by atoms with van der Waals surface area (Å²) in [6.07, 6.45) is 6.00. The number of pyridine rings is 1. The van der Waals surface area contributed by atoms with E-state index in [1.807, 2.05) is 4.52 Å². The average molecular weight is 480 g/mol. The van der Waals surface area contributed by atoms with Gasteiger partial charge in [-0.15, -0.1) is 0 Å². The Morgan fingerprint density at radius 2 is 2.03 bits per heavy atom. The summed E-state index contributed by atoms with van der Waals surface area (Å²) in [4.78, 5) is 19.6. The van der Waals surface area contributed by atoms with Crippen molar-refractivity contribution in [1.29, 1.82) is 0 Å². The lowest BCUT2D eigenvalue weighted by atomic mass is 9.99. The third-order valence-corrected chi connectivity index (χ3v) is 8.42. The first-order chi connectivity index (χ1) is 16.5. The minimum Gasteiger partial charge on any atom is -0.381 e. The molecule has 0 radical (unpaired) electrons. The Labute approximate surface area is 203 Å². The maximum atomic E-state index is 5.57. The molecular formula is C25H33N7OS. The van der Waals surface area contributed by atoms with E-state index in [9.17, 15) is 0 Å². The van der Waals surface area contributed by atoms with E-state index in [2.05, 4.69) is 64.8 Å². The summed E-state index contributed by atoms with van der Waals surface area (Å²) in [5, 5.41) is 5.50. The summed E-state index contributed by atoms with van der Waals surface area (Å²) in [5.41, 5.74) is 6.69. The summed E-state index contributed by atoms with van der Waals surface area (Å²) < 4.78 is 7.43. The molecule has 8 nitrogen and oxygen atoms in total. The van der Waals surface area contributed by atoms with Crippen LogP contribution in [-0.4, -0.2) is 74.4 Å². The molecule has 2 fully saturated rings. The van der Waals surface area contributed by atoms with E-state index in [0.717, 1.165) is 83.6 Å². The highest BCUT2D eigenvalue weighted by Gasteiger charge is 2.31. The van der Waals surface area contributed by atoms with Gasteiger partial charge in [0, 0.05) is 62.3 Å². The largest absolute Gasteiger partial charge is 0.381 e. The molecular weight excluding hydrogens is 446 g/mol. The zero-order valence-corrected chi connectivity index (χ0v) is 21.2. The standard InChI is InChI=1S/C25H33N7OS/c1-15(2)20-21(18-11-16(3)23-26-14-27-32(23)13-18)28-24-22(20)29-25(34-24)31-8-7-30(12-17(31)4)19-5-9-33-10-6-19/h11,13-15,17,19,28H,5-10,12H2,1-4H3/t17-/m1/s1. The molecule has 180 valence electrons. The van der Waals surface area contributed by atoms with E-state index in [4.69, 9.17) is 9.72 Å². The maximum absolute atomic E-state index is 5.57. The number of aromatic nitrogens is 5. The third kappa shape index (κ3) is 3.70. The fraction of sp³-hybridized carbons (Fsp3) is 0.560. The molecule has 2 saturated heterocycles. The van der Waals surface area contributed by atoms with Crippen LogP contribution < -0.4 is 4.90 Å². The molecule has 2 aliphatic heterocycles. The van der Waals surface area contributed by atoms with Crippen LogP contribution in [0.1, 0.15) is 50.7 Å². The number of hydrogen-bond donors (Lipinski definition) is 1. The quantitative estimate of drug-likeness (QED) is 0.466. The third-order valence-electron chi connectivity index (χ3n) is 7.42. The molecule has 6 heterocycles. The molecule has 0 bridgehead atoms. The maximum Gasteiger partial charge on any atom is 0.188 e. The molecule has 0 aliphatic carbocycles. The van der Waals surface area contributed by atoms with Gasteiger partial charge >= 0.3 is 0 Å². The van der Waals surface area contributed by atoms with Crippen LogP contribution in [0.4, 0.5) is 5.13 Å². The Morgan fingerprint density at radius 1 is 1.21 bits per heavy atom. The molecule has 1 N–H and O–H groups in total. The molecule has 0 spiro atoms. The van der Waals surface area contributed by atoms with Crippen LogP contribution in [0.3, 0.4) is 0 Å². The number of piperazine rings is 1. The number of rotatable bonds is 4. The first kappa shape index (κ1) is 22.0. The molecule has 4 aromatic rings. The number of ether oxygens (including phenoxy) is 1. The highest BCUT2D eigenvalue weighted by molar-refractivity contribution is 7.21. The Morgan fingerprint density at radius 3 is 2.79 bits per heavy atom. The van der Waals surface area contributed by atoms with Crippen LogP contribution in [0.15, 0.2) is 18.6 Å². The van der Waals surface area contributed by atoms with Gasteiger partial charge in [0.15, 0.2) is 10.8 Å². The second-order valence-electron chi connectivity index (χ2n) is 10.1. The molecule has 34 heavy (non-hydrogen) atoms. The minimum atomic E-state index is 0.355. The summed E-state index contributed by atoms with van der Waals surface area (Å²) in [6, 6.07) is 3.32. The molecule has 0 aromatic carbocycles. The Bertz CT molecular complexity index is 1320. The van der Waals surface area contributed by atoms with Crippen molar-refractivity contribution in [2.45, 2.75) is 58.5 Å². The number of hydrogen-bond acceptors (Lipinski definition) is 7. The SMILES string of the molecule is Cc1cc(-c2[nH]c3sc(N4CCN(C5CCOCC5)C[C@H]4C)nc3c2C(C)C)cn2ncnc12. The van der Waals surface area contributed by atoms with Gasteiger partial charge in [-0.1, -0.05) is 25.2 Å². The van der Waals surface area contributed by atoms with Gasteiger partial charge in [0.2, 0.25) is 0 Å². The zero-order valence-electron chi connectivity index (χ0n) is 20.4. The van der Waals surface area contributed by atoms with Crippen LogP contribution >= 0.6 is 11.3 Å². The van der Waals surface area contributed by atoms with Gasteiger partial charge in [0.05, 0.1) is 5.69 Å². The van der Waals surface area contributed by atoms with Crippen LogP contribution in [0.2, 0.25) is 0 Å². The second kappa shape index (κ2) is 8.62. The molecule has 2 aliphatic rings. The molecule has 4 aromatic heterocycles. The molecule has 0 unspecified atom stereocenters. The molecule has 9 heteroatoms. The van der Waals surface area contributed by atoms with Gasteiger partial charge in [-0.3, -0.25) is 4.90 Å². The van der Waals surface area contributed by atoms with Gasteiger partial charge in [-0.05, 0) is 44.2 Å². The van der Waals surface area contributed by atoms with Crippen LogP contribution in [0, 0.1) is 6.92 Å². The van der Waals surface area contributed by atoms with Crippen molar-refractivity contribution < 1.29 is 4.74 Å². The van der Waals surface area contributed by atoms with E-state index in [-0.39, 0.29) is 0 Å². The van der Waals surface area contributed by atoms with Gasteiger partial charge in [-0.2, -0.15) is 5.10 Å². The number of fused-ring (bicyclic) bond motifs is 2. The van der Waals surface area contributed by atoms with E-state index in [0.29, 0.717) is 18.0 Å². The summed E-state index contributed by atoms with van der Waals surface area (Å²) in [5.74, 6) is 0.355. The average Bonchev–Trinajstić information content (AvgIpc) is 3.53. The highest BCUT2D eigenvalue weighted by Crippen LogP contribution is 2.40. The summed E-state index contributed by atoms with van der Waals surface area (Å²) >= 11 is 1.79. The predicted octanol–water partition coefficient (Wildman–Crippen LogP) is 4.46. The first-order valence-corrected chi connectivity index (χ1v) is 13.2. The Balaban J connectivity index is 1.31. The van der Waals surface area contributed by atoms with Crippen LogP contribution in [0.25, 0.3) is 27.3 Å². The van der Waals surface area contributed by atoms with E-state index in [1.165, 1.54) is 5.56 Å². The van der Waals surface area contributed by atoms with Crippen molar-refractivity contribution in [1.82, 2.24) is 29.5 Å². The number of aryl methyl sites for hydroxylation is 1. The Kier molecular flexibility index (Phi) is 5.58. The van der Waals surface area contributed by atoms with E-state index >= 15 is 0 Å². The number of nitrogens with zero attached hydrogens (tertiary/aromatic N) is 6. The molecule has 6 rings (SSSR count). The fourth-order valence-electron chi connectivity index (χ4n) is 5.67. The number of aromatic amines is 1. The Hall–Kier alpha value is -2.49. The van der Waals surface area contributed by atoms with Gasteiger partial charge in [0.25, 0.3) is 0 Å². The zero-order chi connectivity index (χ0) is 23.4. The van der Waals surface area contributed by atoms with E-state index < -0.39 is 0 Å². The normalized spacial score (nSPS) is 20.9. The van der Waals surface area contributed by atoms with Crippen molar-refractivity contribution in [3.05, 3.63) is 29.7 Å². The van der Waals surface area contributed by atoms with Crippen LogP contribution in [-0.2, 0) is 4.74 Å². The smallest absolute Gasteiger partial charge is 0.188 e. The highest BCUT2D eigenvalue weighted by atomic mass is 32.1. The number of thiazole rings is 1. The van der Waals surface area contributed by atoms with Crippen molar-refractivity contribution in [2.24, 2.45) is 0 Å². The van der Waals surface area contributed by atoms with E-state index in [1.54, 1.807) is 17.7 Å². The second-order valence-corrected chi connectivity index (χ2v) is 11.0. The minimum absolute atomic E-state index is 0.355. The van der Waals surface area contributed by atoms with Crippen molar-refractivity contribution >= 4 is 32.5 Å². The van der Waals surface area contributed by atoms with Gasteiger partial charge < -0.3 is 14.6 Å². The summed E-state index contributed by atoms with van der Waals surface area (Å²) in [7, 11) is 0. The van der Waals surface area contributed by atoms with Crippen molar-refractivity contribution in [3.8, 4) is 11.3 Å². The number of H-pyrrole nitrogens is 1. The van der Waals surface area contributed by atoms with Gasteiger partial charge in [-0.25, -0.2) is 14.5 Å². The molecule has 0 saturated carbocycles. The fourth-order valence-corrected chi connectivity index (χ4v) is 6.78. The number of anilines is 1. The van der Waals surface area contributed by atoms with Crippen molar-refractivity contribution in [2.75, 3.05) is 37.7 Å². The lowest BCUT2D eigenvalue weighted by Crippen LogP contribution is -2.55. The van der Waals surface area contributed by atoms with Gasteiger partial charge in [0.1, 0.15) is 16.7 Å². The molecule has 0 amide bonds. The number of nitrogens with one attached hydrogen (secondary N) is 1. The topological polar surface area (TPSA) is 74.6 Å². The monoisotopic (exact) mass is 479 g/mol. The lowest BCUT2D eigenvalue weighted by molar-refractivity contribution is 0.0280. The summed E-state index contributed by atoms with van der Waals surface area (Å²) in [6.45, 7) is 14.0. The first-order valence-electron chi connectivity index (χ1n) is 12.4. The van der Waals surface area contributed by atoms with Crippen molar-refractivity contribution in [3.63, 3.8) is 0 Å². The lowest BCUT2D eigenvalue weighted by Gasteiger charge is -2.44. The van der Waals surface area contributed by atoms with Crippen LogP contribution in [0.5, 0.6) is 0 Å².